The number of carbonyl (C=O) groups excluding carboxylic acids is 1. The molecule has 0 aliphatic carbocycles. The van der Waals surface area contributed by atoms with E-state index in [1.54, 1.807) is 11.3 Å². The van der Waals surface area contributed by atoms with Crippen LogP contribution in [0.2, 0.25) is 0 Å². The molecule has 3 rings (SSSR count). The van der Waals surface area contributed by atoms with E-state index in [4.69, 9.17) is 0 Å². The summed E-state index contributed by atoms with van der Waals surface area (Å²) in [7, 11) is 0. The van der Waals surface area contributed by atoms with E-state index >= 15 is 0 Å². The minimum Gasteiger partial charge on any atom is -0.331 e. The number of carbonyl (C=O) groups is 1. The number of amides is 2. The Balaban J connectivity index is 1.66. The number of rotatable bonds is 2. The molecule has 0 fully saturated rings. The van der Waals surface area contributed by atoms with Crippen LogP contribution in [0.1, 0.15) is 34.5 Å². The Bertz CT molecular complexity index is 650. The Morgan fingerprint density at radius 1 is 1.33 bits per heavy atom. The molecule has 1 aliphatic rings. The molecule has 0 saturated heterocycles. The summed E-state index contributed by atoms with van der Waals surface area (Å²) in [4.78, 5) is 15.8. The largest absolute Gasteiger partial charge is 0.331 e. The predicted molar refractivity (Wildman–Crippen MR) is 86.6 cm³/mol. The third kappa shape index (κ3) is 2.95. The first-order valence-corrected chi connectivity index (χ1v) is 8.19. The van der Waals surface area contributed by atoms with Crippen LogP contribution in [0.4, 0.5) is 4.79 Å². The van der Waals surface area contributed by atoms with E-state index in [2.05, 4.69) is 35.8 Å². The highest BCUT2D eigenvalue weighted by Gasteiger charge is 2.22. The number of thiophene rings is 1. The molecule has 1 aromatic heterocycles. The summed E-state index contributed by atoms with van der Waals surface area (Å²) in [6.45, 7) is 5.65. The second-order valence-corrected chi connectivity index (χ2v) is 6.57. The summed E-state index contributed by atoms with van der Waals surface area (Å²) in [6.07, 6.45) is 0.971. The number of fused-ring (bicyclic) bond motifs is 1. The lowest BCUT2D eigenvalue weighted by Gasteiger charge is -2.29. The Morgan fingerprint density at radius 3 is 2.95 bits per heavy atom. The molecular weight excluding hydrogens is 280 g/mol. The van der Waals surface area contributed by atoms with Gasteiger partial charge in [-0.05, 0) is 48.4 Å². The molecule has 1 aliphatic heterocycles. The Labute approximate surface area is 129 Å². The Kier molecular flexibility index (Phi) is 3.97. The van der Waals surface area contributed by atoms with E-state index in [0.29, 0.717) is 0 Å². The van der Waals surface area contributed by atoms with Crippen LogP contribution in [0.15, 0.2) is 35.7 Å². The zero-order valence-corrected chi connectivity index (χ0v) is 13.2. The number of urea groups is 1. The van der Waals surface area contributed by atoms with Crippen molar-refractivity contribution in [3.8, 4) is 0 Å². The molecule has 4 heteroatoms. The molecule has 1 N–H and O–H groups in total. The first-order chi connectivity index (χ1) is 10.1. The SMILES string of the molecule is Cc1ccccc1C(C)NC(=O)N1CCc2sccc2C1. The zero-order valence-electron chi connectivity index (χ0n) is 12.4. The van der Waals surface area contributed by atoms with Crippen molar-refractivity contribution in [2.24, 2.45) is 0 Å². The van der Waals surface area contributed by atoms with E-state index in [1.807, 2.05) is 24.0 Å². The molecule has 110 valence electrons. The van der Waals surface area contributed by atoms with Gasteiger partial charge in [-0.2, -0.15) is 0 Å². The Hall–Kier alpha value is -1.81. The molecule has 0 bridgehead atoms. The quantitative estimate of drug-likeness (QED) is 0.896. The van der Waals surface area contributed by atoms with E-state index < -0.39 is 0 Å². The number of hydrogen-bond donors (Lipinski definition) is 1. The second kappa shape index (κ2) is 5.90. The van der Waals surface area contributed by atoms with Gasteiger partial charge in [-0.3, -0.25) is 0 Å². The Morgan fingerprint density at radius 2 is 2.14 bits per heavy atom. The summed E-state index contributed by atoms with van der Waals surface area (Å²) in [6, 6.07) is 10.4. The lowest BCUT2D eigenvalue weighted by molar-refractivity contribution is 0.189. The second-order valence-electron chi connectivity index (χ2n) is 5.57. The fourth-order valence-electron chi connectivity index (χ4n) is 2.85. The van der Waals surface area contributed by atoms with E-state index in [-0.39, 0.29) is 12.1 Å². The zero-order chi connectivity index (χ0) is 14.8. The molecule has 2 aromatic rings. The third-order valence-corrected chi connectivity index (χ3v) is 5.11. The van der Waals surface area contributed by atoms with E-state index in [0.717, 1.165) is 19.5 Å². The molecule has 21 heavy (non-hydrogen) atoms. The van der Waals surface area contributed by atoms with Crippen LogP contribution in [0.25, 0.3) is 0 Å². The van der Waals surface area contributed by atoms with Crippen molar-refractivity contribution in [1.82, 2.24) is 10.2 Å². The highest BCUT2D eigenvalue weighted by atomic mass is 32.1. The number of aryl methyl sites for hydroxylation is 1. The maximum atomic E-state index is 12.4. The van der Waals surface area contributed by atoms with Gasteiger partial charge in [0.05, 0.1) is 6.04 Å². The fourth-order valence-corrected chi connectivity index (χ4v) is 3.74. The number of benzene rings is 1. The molecule has 0 spiro atoms. The molecule has 1 atom stereocenters. The predicted octanol–water partition coefficient (Wildman–Crippen LogP) is 3.89. The average Bonchev–Trinajstić information content (AvgIpc) is 2.94. The summed E-state index contributed by atoms with van der Waals surface area (Å²) in [5.41, 5.74) is 3.69. The molecular formula is C17H20N2OS. The molecule has 2 heterocycles. The van der Waals surface area contributed by atoms with Gasteiger partial charge in [0.1, 0.15) is 0 Å². The molecule has 1 aromatic carbocycles. The molecule has 2 amide bonds. The van der Waals surface area contributed by atoms with Crippen LogP contribution in [-0.4, -0.2) is 17.5 Å². The highest BCUT2D eigenvalue weighted by molar-refractivity contribution is 7.10. The van der Waals surface area contributed by atoms with Gasteiger partial charge in [0.2, 0.25) is 0 Å². The monoisotopic (exact) mass is 300 g/mol. The van der Waals surface area contributed by atoms with Gasteiger partial charge < -0.3 is 10.2 Å². The normalized spacial score (nSPS) is 15.4. The summed E-state index contributed by atoms with van der Waals surface area (Å²) in [5.74, 6) is 0. The summed E-state index contributed by atoms with van der Waals surface area (Å²) in [5, 5.41) is 5.23. The van der Waals surface area contributed by atoms with Crippen molar-refractivity contribution in [1.29, 1.82) is 0 Å². The maximum Gasteiger partial charge on any atom is 0.318 e. The third-order valence-electron chi connectivity index (χ3n) is 4.09. The lowest BCUT2D eigenvalue weighted by atomic mass is 10.0. The van der Waals surface area contributed by atoms with E-state index in [9.17, 15) is 4.79 Å². The van der Waals surface area contributed by atoms with Crippen molar-refractivity contribution in [2.45, 2.75) is 32.9 Å². The molecule has 3 nitrogen and oxygen atoms in total. The van der Waals surface area contributed by atoms with Gasteiger partial charge in [-0.25, -0.2) is 4.79 Å². The van der Waals surface area contributed by atoms with Crippen molar-refractivity contribution >= 4 is 17.4 Å². The fraction of sp³-hybridized carbons (Fsp3) is 0.353. The van der Waals surface area contributed by atoms with Crippen molar-refractivity contribution in [2.75, 3.05) is 6.54 Å². The number of hydrogen-bond acceptors (Lipinski definition) is 2. The van der Waals surface area contributed by atoms with Gasteiger partial charge in [0.15, 0.2) is 0 Å². The minimum atomic E-state index is 0.0302. The maximum absolute atomic E-state index is 12.4. The average molecular weight is 300 g/mol. The van der Waals surface area contributed by atoms with Crippen LogP contribution >= 0.6 is 11.3 Å². The van der Waals surface area contributed by atoms with Gasteiger partial charge in [0, 0.05) is 18.0 Å². The van der Waals surface area contributed by atoms with Crippen LogP contribution < -0.4 is 5.32 Å². The number of nitrogens with zero attached hydrogens (tertiary/aromatic N) is 1. The molecule has 1 unspecified atom stereocenters. The first kappa shape index (κ1) is 14.1. The van der Waals surface area contributed by atoms with Gasteiger partial charge in [-0.15, -0.1) is 11.3 Å². The standard InChI is InChI=1S/C17H20N2OS/c1-12-5-3-4-6-15(12)13(2)18-17(20)19-9-7-16-14(11-19)8-10-21-16/h3-6,8,10,13H,7,9,11H2,1-2H3,(H,18,20). The lowest BCUT2D eigenvalue weighted by Crippen LogP contribution is -2.43. The smallest absolute Gasteiger partial charge is 0.318 e. The number of nitrogens with one attached hydrogen (secondary N) is 1. The van der Waals surface area contributed by atoms with Gasteiger partial charge in [-0.1, -0.05) is 24.3 Å². The van der Waals surface area contributed by atoms with Crippen LogP contribution in [0.5, 0.6) is 0 Å². The minimum absolute atomic E-state index is 0.0302. The van der Waals surface area contributed by atoms with Crippen LogP contribution in [0.3, 0.4) is 0 Å². The van der Waals surface area contributed by atoms with Crippen molar-refractivity contribution in [3.05, 3.63) is 57.3 Å². The van der Waals surface area contributed by atoms with Gasteiger partial charge in [0.25, 0.3) is 0 Å². The van der Waals surface area contributed by atoms with Crippen molar-refractivity contribution < 1.29 is 4.79 Å². The summed E-state index contributed by atoms with van der Waals surface area (Å²) < 4.78 is 0. The van der Waals surface area contributed by atoms with Crippen molar-refractivity contribution in [3.63, 3.8) is 0 Å². The first-order valence-electron chi connectivity index (χ1n) is 7.31. The van der Waals surface area contributed by atoms with Gasteiger partial charge >= 0.3 is 6.03 Å². The van der Waals surface area contributed by atoms with E-state index in [1.165, 1.54) is 21.6 Å². The summed E-state index contributed by atoms with van der Waals surface area (Å²) >= 11 is 1.79. The molecule has 0 saturated carbocycles. The van der Waals surface area contributed by atoms with Crippen LogP contribution in [-0.2, 0) is 13.0 Å². The topological polar surface area (TPSA) is 32.3 Å². The highest BCUT2D eigenvalue weighted by Crippen LogP contribution is 2.24. The molecule has 0 radical (unpaired) electrons. The van der Waals surface area contributed by atoms with Crippen LogP contribution in [0, 0.1) is 6.92 Å².